The van der Waals surface area contributed by atoms with Gasteiger partial charge in [-0.15, -0.1) is 0 Å². The number of nitriles is 1. The molecular weight excluding hydrogens is 236 g/mol. The molecule has 19 heavy (non-hydrogen) atoms. The molecule has 0 aliphatic heterocycles. The molecule has 0 aromatic heterocycles. The third kappa shape index (κ3) is 3.34. The van der Waals surface area contributed by atoms with E-state index in [1.165, 1.54) is 19.3 Å². The lowest BCUT2D eigenvalue weighted by Crippen LogP contribution is -2.39. The normalized spacial score (nSPS) is 22.9. The Morgan fingerprint density at radius 1 is 1.42 bits per heavy atom. The predicted octanol–water partition coefficient (Wildman–Crippen LogP) is 2.76. The molecule has 0 heterocycles. The van der Waals surface area contributed by atoms with Crippen LogP contribution in [-0.4, -0.2) is 17.7 Å². The molecule has 1 aliphatic rings. The first-order valence-corrected chi connectivity index (χ1v) is 6.94. The third-order valence-corrected chi connectivity index (χ3v) is 4.24. The van der Waals surface area contributed by atoms with E-state index in [2.05, 4.69) is 25.2 Å². The quantitative estimate of drug-likeness (QED) is 0.873. The minimum absolute atomic E-state index is 0.324. The molecule has 0 bridgehead atoms. The second-order valence-electron chi connectivity index (χ2n) is 6.09. The Hall–Kier alpha value is -1.37. The average molecular weight is 258 g/mol. The molecule has 3 nitrogen and oxygen atoms in total. The summed E-state index contributed by atoms with van der Waals surface area (Å²) >= 11 is 0. The summed E-state index contributed by atoms with van der Waals surface area (Å²) in [7, 11) is 0. The Morgan fingerprint density at radius 3 is 2.63 bits per heavy atom. The van der Waals surface area contributed by atoms with E-state index in [4.69, 9.17) is 5.26 Å². The topological polar surface area (TPSA) is 56.0 Å². The molecule has 2 unspecified atom stereocenters. The average Bonchev–Trinajstić information content (AvgIpc) is 2.75. The monoisotopic (exact) mass is 258 g/mol. The zero-order valence-electron chi connectivity index (χ0n) is 11.7. The van der Waals surface area contributed by atoms with Gasteiger partial charge in [0, 0.05) is 12.6 Å². The molecule has 2 N–H and O–H groups in total. The second-order valence-corrected chi connectivity index (χ2v) is 6.09. The fraction of sp³-hybridized carbons (Fsp3) is 0.562. The summed E-state index contributed by atoms with van der Waals surface area (Å²) in [5.41, 5.74) is 1.81. The molecule has 1 aliphatic carbocycles. The van der Waals surface area contributed by atoms with Crippen LogP contribution < -0.4 is 5.32 Å². The first kappa shape index (κ1) is 14.0. The van der Waals surface area contributed by atoms with Gasteiger partial charge in [0.05, 0.1) is 17.7 Å². The van der Waals surface area contributed by atoms with Gasteiger partial charge in [0.25, 0.3) is 0 Å². The fourth-order valence-corrected chi connectivity index (χ4v) is 2.86. The summed E-state index contributed by atoms with van der Waals surface area (Å²) in [6.45, 7) is 5.14. The number of hydrogen-bond acceptors (Lipinski definition) is 3. The predicted molar refractivity (Wildman–Crippen MR) is 75.5 cm³/mol. The van der Waals surface area contributed by atoms with E-state index in [0.29, 0.717) is 23.6 Å². The van der Waals surface area contributed by atoms with Gasteiger partial charge in [-0.25, -0.2) is 0 Å². The number of rotatable bonds is 4. The van der Waals surface area contributed by atoms with Crippen LogP contribution in [0.15, 0.2) is 24.3 Å². The number of nitrogens with one attached hydrogen (secondary N) is 1. The van der Waals surface area contributed by atoms with E-state index in [-0.39, 0.29) is 0 Å². The number of hydrogen-bond donors (Lipinski definition) is 2. The number of aliphatic hydroxyl groups is 1. The summed E-state index contributed by atoms with van der Waals surface area (Å²) < 4.78 is 0. The van der Waals surface area contributed by atoms with E-state index in [0.717, 1.165) is 5.56 Å². The summed E-state index contributed by atoms with van der Waals surface area (Å²) in [6.07, 6.45) is 3.19. The Balaban J connectivity index is 1.90. The lowest BCUT2D eigenvalue weighted by Gasteiger charge is -2.29. The number of benzene rings is 1. The van der Waals surface area contributed by atoms with Gasteiger partial charge < -0.3 is 10.4 Å². The number of nitrogens with zero attached hydrogens (tertiary/aromatic N) is 1. The Kier molecular flexibility index (Phi) is 4.24. The van der Waals surface area contributed by atoms with Crippen molar-refractivity contribution in [1.29, 1.82) is 5.26 Å². The summed E-state index contributed by atoms with van der Waals surface area (Å²) in [6, 6.07) is 9.71. The maximum atomic E-state index is 10.2. The van der Waals surface area contributed by atoms with Gasteiger partial charge in [0.2, 0.25) is 0 Å². The lowest BCUT2D eigenvalue weighted by molar-refractivity contribution is 0.158. The van der Waals surface area contributed by atoms with Gasteiger partial charge in [-0.1, -0.05) is 32.4 Å². The molecule has 0 amide bonds. The zero-order valence-corrected chi connectivity index (χ0v) is 11.7. The molecule has 1 aromatic carbocycles. The van der Waals surface area contributed by atoms with E-state index in [9.17, 15) is 5.11 Å². The maximum absolute atomic E-state index is 10.2. The molecule has 2 atom stereocenters. The van der Waals surface area contributed by atoms with Gasteiger partial charge in [-0.05, 0) is 36.0 Å². The van der Waals surface area contributed by atoms with Gasteiger partial charge in [-0.2, -0.15) is 5.26 Å². The minimum Gasteiger partial charge on any atom is -0.387 e. The van der Waals surface area contributed by atoms with Crippen LogP contribution in [0, 0.1) is 16.7 Å². The van der Waals surface area contributed by atoms with Crippen LogP contribution in [0.25, 0.3) is 0 Å². The van der Waals surface area contributed by atoms with E-state index >= 15 is 0 Å². The molecule has 1 aromatic rings. The fourth-order valence-electron chi connectivity index (χ4n) is 2.86. The lowest BCUT2D eigenvalue weighted by atomic mass is 9.87. The molecule has 2 rings (SSSR count). The van der Waals surface area contributed by atoms with Crippen molar-refractivity contribution < 1.29 is 5.11 Å². The van der Waals surface area contributed by atoms with Crippen molar-refractivity contribution in [3.05, 3.63) is 35.4 Å². The van der Waals surface area contributed by atoms with Gasteiger partial charge in [-0.3, -0.25) is 0 Å². The summed E-state index contributed by atoms with van der Waals surface area (Å²) in [5, 5.41) is 22.4. The molecule has 0 radical (unpaired) electrons. The Morgan fingerprint density at radius 2 is 2.11 bits per heavy atom. The van der Waals surface area contributed by atoms with Crippen molar-refractivity contribution in [2.75, 3.05) is 6.54 Å². The SMILES string of the molecule is CC1(C)CCCC1NCC(O)c1ccc(C#N)cc1. The van der Waals surface area contributed by atoms with Crippen molar-refractivity contribution in [1.82, 2.24) is 5.32 Å². The van der Waals surface area contributed by atoms with Crippen molar-refractivity contribution in [2.24, 2.45) is 5.41 Å². The largest absolute Gasteiger partial charge is 0.387 e. The van der Waals surface area contributed by atoms with Crippen LogP contribution in [-0.2, 0) is 0 Å². The van der Waals surface area contributed by atoms with Crippen LogP contribution in [0.4, 0.5) is 0 Å². The molecule has 0 spiro atoms. The van der Waals surface area contributed by atoms with Crippen molar-refractivity contribution >= 4 is 0 Å². The van der Waals surface area contributed by atoms with E-state index in [1.807, 2.05) is 12.1 Å². The van der Waals surface area contributed by atoms with Crippen LogP contribution in [0.5, 0.6) is 0 Å². The van der Waals surface area contributed by atoms with Crippen molar-refractivity contribution in [2.45, 2.75) is 45.3 Å². The van der Waals surface area contributed by atoms with Crippen LogP contribution in [0.3, 0.4) is 0 Å². The molecular formula is C16H22N2O. The zero-order chi connectivity index (χ0) is 13.9. The highest BCUT2D eigenvalue weighted by atomic mass is 16.3. The maximum Gasteiger partial charge on any atom is 0.0991 e. The van der Waals surface area contributed by atoms with Gasteiger partial charge in [0.15, 0.2) is 0 Å². The van der Waals surface area contributed by atoms with Crippen LogP contribution in [0.1, 0.15) is 50.3 Å². The van der Waals surface area contributed by atoms with Gasteiger partial charge in [0.1, 0.15) is 0 Å². The molecule has 0 saturated heterocycles. The van der Waals surface area contributed by atoms with Gasteiger partial charge >= 0.3 is 0 Å². The minimum atomic E-state index is -0.510. The second kappa shape index (κ2) is 5.73. The first-order valence-electron chi connectivity index (χ1n) is 6.94. The van der Waals surface area contributed by atoms with Crippen molar-refractivity contribution in [3.8, 4) is 6.07 Å². The molecule has 3 heteroatoms. The summed E-state index contributed by atoms with van der Waals surface area (Å²) in [4.78, 5) is 0. The van der Waals surface area contributed by atoms with Crippen LogP contribution >= 0.6 is 0 Å². The third-order valence-electron chi connectivity index (χ3n) is 4.24. The highest BCUT2D eigenvalue weighted by molar-refractivity contribution is 5.32. The highest BCUT2D eigenvalue weighted by Gasteiger charge is 2.34. The van der Waals surface area contributed by atoms with Crippen LogP contribution in [0.2, 0.25) is 0 Å². The summed E-state index contributed by atoms with van der Waals surface area (Å²) in [5.74, 6) is 0. The highest BCUT2D eigenvalue weighted by Crippen LogP contribution is 2.37. The Labute approximate surface area is 115 Å². The molecule has 1 saturated carbocycles. The Bertz CT molecular complexity index is 459. The molecule has 1 fully saturated rings. The van der Waals surface area contributed by atoms with E-state index < -0.39 is 6.10 Å². The number of aliphatic hydroxyl groups excluding tert-OH is 1. The smallest absolute Gasteiger partial charge is 0.0991 e. The standard InChI is InChI=1S/C16H22N2O/c1-16(2)9-3-4-15(16)18-11-14(19)13-7-5-12(10-17)6-8-13/h5-8,14-15,18-19H,3-4,9,11H2,1-2H3. The molecule has 102 valence electrons. The van der Waals surface area contributed by atoms with E-state index in [1.54, 1.807) is 12.1 Å². The van der Waals surface area contributed by atoms with Crippen molar-refractivity contribution in [3.63, 3.8) is 0 Å². The first-order chi connectivity index (χ1) is 9.03.